The van der Waals surface area contributed by atoms with Crippen LogP contribution < -0.4 is 9.47 Å². The first-order valence-electron chi connectivity index (χ1n) is 3.05. The van der Waals surface area contributed by atoms with Crippen molar-refractivity contribution in [3.8, 4) is 11.5 Å². The summed E-state index contributed by atoms with van der Waals surface area (Å²) in [6.07, 6.45) is 0. The monoisotopic (exact) mass is 205 g/mol. The molecular formula is C9H14O2V. The fourth-order valence-electron chi connectivity index (χ4n) is 0.728. The molecule has 0 fully saturated rings. The Labute approximate surface area is 85.8 Å². The number of ether oxygens (including phenoxy) is 2. The Hall–Kier alpha value is -0.596. The average molecular weight is 205 g/mol. The van der Waals surface area contributed by atoms with E-state index in [0.717, 1.165) is 11.5 Å². The molecule has 67 valence electrons. The molecule has 0 aromatic heterocycles. The molecule has 12 heavy (non-hydrogen) atoms. The maximum atomic E-state index is 4.98. The average Bonchev–Trinajstić information content (AvgIpc) is 2.05. The van der Waals surface area contributed by atoms with E-state index < -0.39 is 0 Å². The van der Waals surface area contributed by atoms with Crippen LogP contribution in [0.5, 0.6) is 11.5 Å². The van der Waals surface area contributed by atoms with Gasteiger partial charge < -0.3 is 9.47 Å². The number of hydrogen-bond acceptors (Lipinski definition) is 2. The molecule has 0 aliphatic carbocycles. The predicted octanol–water partition coefficient (Wildman–Crippen LogP) is 2.34. The zero-order chi connectivity index (χ0) is 7.40. The van der Waals surface area contributed by atoms with Crippen molar-refractivity contribution in [2.24, 2.45) is 0 Å². The molecule has 1 rings (SSSR count). The van der Waals surface area contributed by atoms with Crippen LogP contribution in [0.25, 0.3) is 0 Å². The van der Waals surface area contributed by atoms with Gasteiger partial charge in [-0.1, -0.05) is 13.5 Å². The topological polar surface area (TPSA) is 18.5 Å². The van der Waals surface area contributed by atoms with Gasteiger partial charge in [0.05, 0.1) is 14.2 Å². The van der Waals surface area contributed by atoms with Crippen molar-refractivity contribution in [1.82, 2.24) is 0 Å². The van der Waals surface area contributed by atoms with E-state index in [1.807, 2.05) is 24.3 Å². The van der Waals surface area contributed by atoms with Gasteiger partial charge in [0, 0.05) is 24.6 Å². The Morgan fingerprint density at radius 3 is 1.75 bits per heavy atom. The Balaban J connectivity index is 0. The minimum absolute atomic E-state index is 0. The van der Waals surface area contributed by atoms with Gasteiger partial charge in [0.25, 0.3) is 0 Å². The van der Waals surface area contributed by atoms with Gasteiger partial charge in [-0.2, -0.15) is 0 Å². The zero-order valence-corrected chi connectivity index (χ0v) is 7.97. The minimum Gasteiger partial charge on any atom is -0.497 e. The molecule has 0 aliphatic heterocycles. The molecule has 1 aromatic carbocycles. The second-order valence-corrected chi connectivity index (χ2v) is 1.88. The summed E-state index contributed by atoms with van der Waals surface area (Å²) in [6, 6.07) is 7.47. The molecule has 1 aromatic rings. The standard InChI is InChI=1S/C8H10O2.CH4.V/c1-9-7-4-3-5-8(6-7)10-2;;/h3-6H,1-2H3;1H4;. The Morgan fingerprint density at radius 2 is 1.42 bits per heavy atom. The molecule has 0 saturated heterocycles. The Bertz CT molecular complexity index is 194. The van der Waals surface area contributed by atoms with Gasteiger partial charge in [-0.05, 0) is 12.1 Å². The van der Waals surface area contributed by atoms with Crippen molar-refractivity contribution in [2.75, 3.05) is 14.2 Å². The van der Waals surface area contributed by atoms with Gasteiger partial charge in [0.2, 0.25) is 0 Å². The summed E-state index contributed by atoms with van der Waals surface area (Å²) in [7, 11) is 3.27. The quantitative estimate of drug-likeness (QED) is 0.737. The van der Waals surface area contributed by atoms with E-state index in [1.165, 1.54) is 0 Å². The van der Waals surface area contributed by atoms with E-state index in [4.69, 9.17) is 9.47 Å². The molecule has 0 bridgehead atoms. The predicted molar refractivity (Wildman–Crippen MR) is 46.3 cm³/mol. The van der Waals surface area contributed by atoms with E-state index in [2.05, 4.69) is 0 Å². The number of rotatable bonds is 2. The van der Waals surface area contributed by atoms with E-state index in [1.54, 1.807) is 14.2 Å². The van der Waals surface area contributed by atoms with Gasteiger partial charge in [-0.25, -0.2) is 0 Å². The van der Waals surface area contributed by atoms with Gasteiger partial charge in [0.15, 0.2) is 0 Å². The molecule has 0 amide bonds. The normalized spacial score (nSPS) is 7.50. The maximum absolute atomic E-state index is 4.98. The molecule has 0 saturated carbocycles. The molecule has 3 heteroatoms. The summed E-state index contributed by atoms with van der Waals surface area (Å²) in [6.45, 7) is 0. The molecule has 1 radical (unpaired) electrons. The van der Waals surface area contributed by atoms with Crippen LogP contribution >= 0.6 is 0 Å². The zero-order valence-electron chi connectivity index (χ0n) is 6.57. The smallest absolute Gasteiger partial charge is 0.122 e. The molecule has 0 unspecified atom stereocenters. The van der Waals surface area contributed by atoms with Crippen LogP contribution in [0, 0.1) is 0 Å². The van der Waals surface area contributed by atoms with Crippen LogP contribution in [0.1, 0.15) is 7.43 Å². The first-order chi connectivity index (χ1) is 4.86. The summed E-state index contributed by atoms with van der Waals surface area (Å²) >= 11 is 0. The summed E-state index contributed by atoms with van der Waals surface area (Å²) in [5, 5.41) is 0. The molecule has 0 heterocycles. The van der Waals surface area contributed by atoms with E-state index in [-0.39, 0.29) is 26.0 Å². The summed E-state index contributed by atoms with van der Waals surface area (Å²) in [4.78, 5) is 0. The van der Waals surface area contributed by atoms with Crippen molar-refractivity contribution in [3.05, 3.63) is 24.3 Å². The summed E-state index contributed by atoms with van der Waals surface area (Å²) in [5.41, 5.74) is 0. The van der Waals surface area contributed by atoms with Crippen LogP contribution in [-0.4, -0.2) is 14.2 Å². The Morgan fingerprint density at radius 1 is 1.00 bits per heavy atom. The largest absolute Gasteiger partial charge is 0.497 e. The second-order valence-electron chi connectivity index (χ2n) is 1.88. The first-order valence-corrected chi connectivity index (χ1v) is 3.05. The number of hydrogen-bond donors (Lipinski definition) is 0. The molecule has 0 N–H and O–H groups in total. The molecule has 0 spiro atoms. The van der Waals surface area contributed by atoms with E-state index in [0.29, 0.717) is 0 Å². The van der Waals surface area contributed by atoms with E-state index >= 15 is 0 Å². The van der Waals surface area contributed by atoms with Crippen molar-refractivity contribution < 1.29 is 28.0 Å². The van der Waals surface area contributed by atoms with Gasteiger partial charge in [-0.3, -0.25) is 0 Å². The van der Waals surface area contributed by atoms with Gasteiger partial charge >= 0.3 is 0 Å². The van der Waals surface area contributed by atoms with Crippen LogP contribution in [0.3, 0.4) is 0 Å². The van der Waals surface area contributed by atoms with Crippen molar-refractivity contribution >= 4 is 0 Å². The molecule has 0 aliphatic rings. The van der Waals surface area contributed by atoms with Gasteiger partial charge in [0.1, 0.15) is 11.5 Å². The van der Waals surface area contributed by atoms with Crippen molar-refractivity contribution in [2.45, 2.75) is 7.43 Å². The fraction of sp³-hybridized carbons (Fsp3) is 0.333. The molecule has 0 atom stereocenters. The molecular weight excluding hydrogens is 191 g/mol. The molecule has 2 nitrogen and oxygen atoms in total. The third-order valence-electron chi connectivity index (χ3n) is 1.28. The third kappa shape index (κ3) is 3.70. The van der Waals surface area contributed by atoms with Crippen LogP contribution in [0.15, 0.2) is 24.3 Å². The maximum Gasteiger partial charge on any atom is 0.122 e. The van der Waals surface area contributed by atoms with Crippen LogP contribution in [0.4, 0.5) is 0 Å². The van der Waals surface area contributed by atoms with Crippen LogP contribution in [0.2, 0.25) is 0 Å². The number of methoxy groups -OCH3 is 2. The summed E-state index contributed by atoms with van der Waals surface area (Å²) in [5.74, 6) is 1.64. The first kappa shape index (κ1) is 14.0. The van der Waals surface area contributed by atoms with Gasteiger partial charge in [-0.15, -0.1) is 0 Å². The third-order valence-corrected chi connectivity index (χ3v) is 1.28. The Kier molecular flexibility index (Phi) is 8.23. The van der Waals surface area contributed by atoms with Crippen molar-refractivity contribution in [3.63, 3.8) is 0 Å². The van der Waals surface area contributed by atoms with Crippen LogP contribution in [-0.2, 0) is 18.6 Å². The minimum atomic E-state index is 0. The number of benzene rings is 1. The fourth-order valence-corrected chi connectivity index (χ4v) is 0.728. The van der Waals surface area contributed by atoms with Crippen molar-refractivity contribution in [1.29, 1.82) is 0 Å². The second kappa shape index (κ2) is 7.08. The van der Waals surface area contributed by atoms with E-state index in [9.17, 15) is 0 Å². The SMILES string of the molecule is C.COc1cccc(OC)c1.[V]. The summed E-state index contributed by atoms with van der Waals surface area (Å²) < 4.78 is 9.95.